The van der Waals surface area contributed by atoms with Crippen LogP contribution in [0.1, 0.15) is 6.92 Å². The van der Waals surface area contributed by atoms with E-state index in [9.17, 15) is 14.9 Å². The number of nitrogens with one attached hydrogen (secondary N) is 1. The van der Waals surface area contributed by atoms with Crippen LogP contribution in [0.25, 0.3) is 11.0 Å². The molecule has 3 aromatic rings. The quantitative estimate of drug-likeness (QED) is 0.399. The van der Waals surface area contributed by atoms with E-state index >= 15 is 0 Å². The zero-order valence-electron chi connectivity index (χ0n) is 14.0. The Kier molecular flexibility index (Phi) is 5.15. The molecule has 26 heavy (non-hydrogen) atoms. The predicted molar refractivity (Wildman–Crippen MR) is 103 cm³/mol. The number of imidazole rings is 1. The number of rotatable bonds is 5. The number of aryl methyl sites for hydroxylation is 1. The molecule has 0 aliphatic carbocycles. The van der Waals surface area contributed by atoms with Crippen molar-refractivity contribution in [3.8, 4) is 0 Å². The monoisotopic (exact) mass is 390 g/mol. The van der Waals surface area contributed by atoms with Gasteiger partial charge in [0.05, 0.1) is 21.2 Å². The number of hydrogen-bond acceptors (Lipinski definition) is 5. The second kappa shape index (κ2) is 7.35. The Morgan fingerprint density at radius 1 is 1.35 bits per heavy atom. The molecule has 2 aromatic carbocycles. The van der Waals surface area contributed by atoms with E-state index in [1.807, 2.05) is 17.7 Å². The average molecular weight is 391 g/mol. The molecule has 1 amide bonds. The van der Waals surface area contributed by atoms with E-state index in [1.54, 1.807) is 31.2 Å². The van der Waals surface area contributed by atoms with E-state index in [2.05, 4.69) is 10.3 Å². The van der Waals surface area contributed by atoms with Crippen molar-refractivity contribution in [1.82, 2.24) is 9.55 Å². The Morgan fingerprint density at radius 3 is 2.81 bits per heavy atom. The molecule has 3 rings (SSSR count). The van der Waals surface area contributed by atoms with Crippen molar-refractivity contribution in [2.75, 3.05) is 5.32 Å². The molecule has 0 fully saturated rings. The van der Waals surface area contributed by atoms with Gasteiger partial charge < -0.3 is 9.88 Å². The van der Waals surface area contributed by atoms with Crippen LogP contribution in [0.4, 0.5) is 11.4 Å². The predicted octanol–water partition coefficient (Wildman–Crippen LogP) is 4.25. The number of nitro benzene ring substituents is 1. The molecule has 0 aliphatic heterocycles. The summed E-state index contributed by atoms with van der Waals surface area (Å²) in [6, 6.07) is 11.5. The average Bonchev–Trinajstić information content (AvgIpc) is 2.90. The third-order valence-electron chi connectivity index (χ3n) is 3.81. The number of para-hydroxylation sites is 2. The third-order valence-corrected chi connectivity index (χ3v) is 5.19. The Morgan fingerprint density at radius 2 is 2.08 bits per heavy atom. The van der Waals surface area contributed by atoms with Crippen molar-refractivity contribution in [3.63, 3.8) is 0 Å². The van der Waals surface area contributed by atoms with Crippen molar-refractivity contribution < 1.29 is 9.72 Å². The Labute approximate surface area is 158 Å². The van der Waals surface area contributed by atoms with E-state index in [-0.39, 0.29) is 17.3 Å². The molecule has 0 bridgehead atoms. The number of carbonyl (C=O) groups is 1. The van der Waals surface area contributed by atoms with Crippen LogP contribution in [0.15, 0.2) is 47.6 Å². The lowest BCUT2D eigenvalue weighted by Crippen LogP contribution is -2.23. The zero-order valence-corrected chi connectivity index (χ0v) is 15.5. The molecular weight excluding hydrogens is 376 g/mol. The summed E-state index contributed by atoms with van der Waals surface area (Å²) in [7, 11) is 1.86. The fourth-order valence-electron chi connectivity index (χ4n) is 2.44. The maximum Gasteiger partial charge on any atom is 0.292 e. The molecule has 1 heterocycles. The highest BCUT2D eigenvalue weighted by Crippen LogP contribution is 2.29. The van der Waals surface area contributed by atoms with Crippen molar-refractivity contribution in [2.24, 2.45) is 7.05 Å². The topological polar surface area (TPSA) is 90.1 Å². The molecule has 0 aliphatic rings. The molecular formula is C17H15ClN4O3S. The van der Waals surface area contributed by atoms with Crippen LogP contribution in [-0.2, 0) is 11.8 Å². The highest BCUT2D eigenvalue weighted by molar-refractivity contribution is 8.00. The first-order chi connectivity index (χ1) is 12.4. The van der Waals surface area contributed by atoms with Gasteiger partial charge in [-0.15, -0.1) is 0 Å². The Balaban J connectivity index is 1.78. The minimum atomic E-state index is -0.525. The summed E-state index contributed by atoms with van der Waals surface area (Å²) in [5.41, 5.74) is 1.68. The molecule has 0 radical (unpaired) electrons. The number of carbonyl (C=O) groups excluding carboxylic acids is 1. The molecule has 1 N–H and O–H groups in total. The van der Waals surface area contributed by atoms with Crippen LogP contribution in [0.5, 0.6) is 0 Å². The van der Waals surface area contributed by atoms with Gasteiger partial charge in [0, 0.05) is 18.1 Å². The lowest BCUT2D eigenvalue weighted by molar-refractivity contribution is -0.383. The second-order valence-electron chi connectivity index (χ2n) is 5.61. The van der Waals surface area contributed by atoms with Gasteiger partial charge >= 0.3 is 0 Å². The van der Waals surface area contributed by atoms with Crippen LogP contribution in [0.2, 0.25) is 5.02 Å². The summed E-state index contributed by atoms with van der Waals surface area (Å²) in [5.74, 6) is -0.339. The minimum Gasteiger partial charge on any atom is -0.322 e. The fraction of sp³-hybridized carbons (Fsp3) is 0.176. The Hall–Kier alpha value is -2.58. The first-order valence-corrected chi connectivity index (χ1v) is 8.95. The highest BCUT2D eigenvalue weighted by Gasteiger charge is 2.21. The Bertz CT molecular complexity index is 1000. The van der Waals surface area contributed by atoms with Gasteiger partial charge in [-0.2, -0.15) is 0 Å². The number of benzene rings is 2. The normalized spacial score (nSPS) is 12.1. The first-order valence-electron chi connectivity index (χ1n) is 7.69. The highest BCUT2D eigenvalue weighted by atomic mass is 35.5. The standard InChI is InChI=1S/C17H15ClN4O3S/c1-10(16(23)19-12-5-3-4-6-15(12)22(24)25)26-17-20-13-9-11(18)7-8-14(13)21(17)2/h3-10H,1-2H3,(H,19,23). The van der Waals surface area contributed by atoms with Gasteiger partial charge in [-0.3, -0.25) is 14.9 Å². The van der Waals surface area contributed by atoms with E-state index in [1.165, 1.54) is 23.9 Å². The van der Waals surface area contributed by atoms with Crippen LogP contribution in [0, 0.1) is 10.1 Å². The number of halogens is 1. The number of aromatic nitrogens is 2. The van der Waals surface area contributed by atoms with E-state index in [4.69, 9.17) is 11.6 Å². The summed E-state index contributed by atoms with van der Waals surface area (Å²) in [5, 5.41) is 14.4. The summed E-state index contributed by atoms with van der Waals surface area (Å²) < 4.78 is 1.88. The number of amides is 1. The van der Waals surface area contributed by atoms with Gasteiger partial charge in [-0.25, -0.2) is 4.98 Å². The van der Waals surface area contributed by atoms with Gasteiger partial charge in [0.25, 0.3) is 5.69 Å². The van der Waals surface area contributed by atoms with E-state index in [0.29, 0.717) is 10.2 Å². The van der Waals surface area contributed by atoms with E-state index < -0.39 is 10.2 Å². The number of anilines is 1. The van der Waals surface area contributed by atoms with Crippen molar-refractivity contribution >= 4 is 51.7 Å². The third kappa shape index (κ3) is 3.66. The van der Waals surface area contributed by atoms with Crippen LogP contribution < -0.4 is 5.32 Å². The number of hydrogen-bond donors (Lipinski definition) is 1. The van der Waals surface area contributed by atoms with Crippen molar-refractivity contribution in [3.05, 3.63) is 57.6 Å². The maximum atomic E-state index is 12.5. The molecule has 7 nitrogen and oxygen atoms in total. The van der Waals surface area contributed by atoms with Crippen molar-refractivity contribution in [2.45, 2.75) is 17.3 Å². The fourth-order valence-corrected chi connectivity index (χ4v) is 3.50. The number of nitro groups is 1. The second-order valence-corrected chi connectivity index (χ2v) is 7.35. The molecule has 0 spiro atoms. The van der Waals surface area contributed by atoms with Gasteiger partial charge in [0.15, 0.2) is 5.16 Å². The molecule has 1 atom stereocenters. The number of thioether (sulfide) groups is 1. The molecule has 9 heteroatoms. The van der Waals surface area contributed by atoms with Crippen LogP contribution in [0.3, 0.4) is 0 Å². The lowest BCUT2D eigenvalue weighted by atomic mass is 10.2. The molecule has 1 unspecified atom stereocenters. The van der Waals surface area contributed by atoms with Gasteiger partial charge in [0.1, 0.15) is 5.69 Å². The van der Waals surface area contributed by atoms with Crippen LogP contribution in [-0.4, -0.2) is 25.6 Å². The molecule has 0 saturated heterocycles. The minimum absolute atomic E-state index is 0.143. The summed E-state index contributed by atoms with van der Waals surface area (Å²) in [6.45, 7) is 1.72. The lowest BCUT2D eigenvalue weighted by Gasteiger charge is -2.12. The summed E-state index contributed by atoms with van der Waals surface area (Å²) in [6.07, 6.45) is 0. The van der Waals surface area contributed by atoms with Gasteiger partial charge in [0.2, 0.25) is 5.91 Å². The maximum absolute atomic E-state index is 12.5. The SMILES string of the molecule is CC(Sc1nc2cc(Cl)ccc2n1C)C(=O)Nc1ccccc1[N+](=O)[O-]. The molecule has 134 valence electrons. The molecule has 0 saturated carbocycles. The van der Waals surface area contributed by atoms with Crippen LogP contribution >= 0.6 is 23.4 Å². The van der Waals surface area contributed by atoms with Gasteiger partial charge in [-0.05, 0) is 31.2 Å². The zero-order chi connectivity index (χ0) is 18.8. The largest absolute Gasteiger partial charge is 0.322 e. The summed E-state index contributed by atoms with van der Waals surface area (Å²) in [4.78, 5) is 27.5. The van der Waals surface area contributed by atoms with E-state index in [0.717, 1.165) is 11.0 Å². The first kappa shape index (κ1) is 18.2. The smallest absolute Gasteiger partial charge is 0.292 e. The summed E-state index contributed by atoms with van der Waals surface area (Å²) >= 11 is 7.26. The number of nitrogens with zero attached hydrogens (tertiary/aromatic N) is 3. The molecule has 1 aromatic heterocycles. The number of fused-ring (bicyclic) bond motifs is 1. The van der Waals surface area contributed by atoms with Gasteiger partial charge in [-0.1, -0.05) is 35.5 Å². The van der Waals surface area contributed by atoms with Crippen molar-refractivity contribution in [1.29, 1.82) is 0 Å².